The maximum atomic E-state index is 12.9. The number of aromatic nitrogens is 2. The number of methoxy groups -OCH3 is 1. The molecule has 1 saturated carbocycles. The van der Waals surface area contributed by atoms with Crippen LogP contribution in [0.2, 0.25) is 0 Å². The van der Waals surface area contributed by atoms with Crippen LogP contribution in [0.25, 0.3) is 11.3 Å². The minimum atomic E-state index is -0.147. The van der Waals surface area contributed by atoms with Gasteiger partial charge in [-0.15, -0.1) is 10.2 Å². The molecule has 3 amide bonds. The Morgan fingerprint density at radius 3 is 2.48 bits per heavy atom. The summed E-state index contributed by atoms with van der Waals surface area (Å²) in [5, 5.41) is 11.7. The van der Waals surface area contributed by atoms with E-state index in [4.69, 9.17) is 4.74 Å². The van der Waals surface area contributed by atoms with Gasteiger partial charge in [0, 0.05) is 43.8 Å². The first-order chi connectivity index (χ1) is 15.9. The van der Waals surface area contributed by atoms with Gasteiger partial charge in [-0.05, 0) is 51.0 Å². The molecule has 1 saturated heterocycles. The quantitative estimate of drug-likeness (QED) is 0.694. The summed E-state index contributed by atoms with van der Waals surface area (Å²) in [6.07, 6.45) is 1.94. The van der Waals surface area contributed by atoms with Crippen molar-refractivity contribution < 1.29 is 14.3 Å². The molecule has 4 rings (SSSR count). The summed E-state index contributed by atoms with van der Waals surface area (Å²) in [6, 6.07) is 11.7. The number of anilines is 1. The van der Waals surface area contributed by atoms with E-state index in [0.717, 1.165) is 35.7 Å². The Morgan fingerprint density at radius 2 is 1.88 bits per heavy atom. The smallest absolute Gasteiger partial charge is 0.318 e. The summed E-state index contributed by atoms with van der Waals surface area (Å²) in [5.74, 6) is 1.57. The number of rotatable bonds is 7. The number of hydrogen-bond donors (Lipinski definition) is 1. The first-order valence-corrected chi connectivity index (χ1v) is 11.5. The van der Waals surface area contributed by atoms with E-state index >= 15 is 0 Å². The molecule has 1 aromatic carbocycles. The number of nitrogens with zero attached hydrogens (tertiary/aromatic N) is 5. The van der Waals surface area contributed by atoms with Crippen molar-refractivity contribution in [1.29, 1.82) is 0 Å². The molecule has 33 heavy (non-hydrogen) atoms. The highest BCUT2D eigenvalue weighted by Crippen LogP contribution is 2.27. The minimum Gasteiger partial charge on any atom is -0.497 e. The summed E-state index contributed by atoms with van der Waals surface area (Å²) in [4.78, 5) is 31.0. The molecule has 0 radical (unpaired) electrons. The molecule has 1 aliphatic heterocycles. The highest BCUT2D eigenvalue weighted by atomic mass is 16.5. The number of carbonyl (C=O) groups excluding carboxylic acids is 2. The lowest BCUT2D eigenvalue weighted by Crippen LogP contribution is -2.53. The first kappa shape index (κ1) is 22.8. The molecular weight excluding hydrogens is 420 g/mol. The van der Waals surface area contributed by atoms with Crippen molar-refractivity contribution in [3.05, 3.63) is 36.4 Å². The van der Waals surface area contributed by atoms with Crippen molar-refractivity contribution >= 4 is 17.8 Å². The fourth-order valence-corrected chi connectivity index (χ4v) is 3.94. The van der Waals surface area contributed by atoms with E-state index < -0.39 is 0 Å². The van der Waals surface area contributed by atoms with Crippen LogP contribution >= 0.6 is 0 Å². The van der Waals surface area contributed by atoms with E-state index in [9.17, 15) is 9.59 Å². The number of piperazine rings is 1. The van der Waals surface area contributed by atoms with Crippen LogP contribution in [0.3, 0.4) is 0 Å². The molecule has 2 fully saturated rings. The molecule has 2 aliphatic rings. The lowest BCUT2D eigenvalue weighted by Gasteiger charge is -2.36. The van der Waals surface area contributed by atoms with Crippen LogP contribution in [0.1, 0.15) is 26.7 Å². The van der Waals surface area contributed by atoms with Crippen LogP contribution in [0.15, 0.2) is 36.4 Å². The van der Waals surface area contributed by atoms with Gasteiger partial charge in [0.15, 0.2) is 5.82 Å². The van der Waals surface area contributed by atoms with Crippen molar-refractivity contribution in [2.24, 2.45) is 0 Å². The number of nitrogens with one attached hydrogen (secondary N) is 1. The maximum Gasteiger partial charge on any atom is 0.318 e. The van der Waals surface area contributed by atoms with Gasteiger partial charge >= 0.3 is 6.03 Å². The van der Waals surface area contributed by atoms with Crippen molar-refractivity contribution in [2.75, 3.05) is 44.7 Å². The summed E-state index contributed by atoms with van der Waals surface area (Å²) >= 11 is 0. The molecule has 2 heterocycles. The van der Waals surface area contributed by atoms with Gasteiger partial charge in [-0.25, -0.2) is 4.79 Å². The van der Waals surface area contributed by atoms with Crippen LogP contribution in [-0.4, -0.2) is 83.9 Å². The topological polar surface area (TPSA) is 90.9 Å². The fraction of sp³-hybridized carbons (Fsp3) is 0.500. The highest BCUT2D eigenvalue weighted by molar-refractivity contribution is 5.84. The second-order valence-electron chi connectivity index (χ2n) is 8.84. The van der Waals surface area contributed by atoms with Crippen LogP contribution in [-0.2, 0) is 4.79 Å². The summed E-state index contributed by atoms with van der Waals surface area (Å²) < 4.78 is 5.28. The first-order valence-electron chi connectivity index (χ1n) is 11.5. The molecule has 1 aromatic heterocycles. The molecule has 0 spiro atoms. The van der Waals surface area contributed by atoms with Crippen LogP contribution in [0, 0.1) is 0 Å². The fourth-order valence-electron chi connectivity index (χ4n) is 3.94. The number of amides is 3. The average Bonchev–Trinajstić information content (AvgIpc) is 3.67. The molecule has 0 atom stereocenters. The molecule has 1 N–H and O–H groups in total. The van der Waals surface area contributed by atoms with E-state index in [0.29, 0.717) is 26.2 Å². The lowest BCUT2D eigenvalue weighted by molar-refractivity contribution is -0.132. The van der Waals surface area contributed by atoms with Crippen molar-refractivity contribution in [1.82, 2.24) is 25.3 Å². The number of carbonyl (C=O) groups is 2. The zero-order chi connectivity index (χ0) is 23.4. The Labute approximate surface area is 194 Å². The third kappa shape index (κ3) is 5.71. The van der Waals surface area contributed by atoms with Gasteiger partial charge in [0.1, 0.15) is 12.3 Å². The van der Waals surface area contributed by atoms with Gasteiger partial charge < -0.3 is 24.8 Å². The number of urea groups is 1. The molecule has 2 aromatic rings. The van der Waals surface area contributed by atoms with Crippen LogP contribution in [0.5, 0.6) is 5.75 Å². The Bertz CT molecular complexity index is 968. The Morgan fingerprint density at radius 1 is 1.12 bits per heavy atom. The SMILES string of the molecule is COc1cccc(-c2ccc(N3CCN(C(=O)CN(C(=O)NC(C)C)C4CC4)CC3)nn2)c1. The highest BCUT2D eigenvalue weighted by Gasteiger charge is 2.35. The summed E-state index contributed by atoms with van der Waals surface area (Å²) in [7, 11) is 1.64. The Kier molecular flexibility index (Phi) is 6.96. The van der Waals surface area contributed by atoms with E-state index in [1.807, 2.05) is 55.1 Å². The van der Waals surface area contributed by atoms with Gasteiger partial charge in [0.2, 0.25) is 5.91 Å². The van der Waals surface area contributed by atoms with E-state index in [2.05, 4.69) is 20.4 Å². The van der Waals surface area contributed by atoms with Crippen molar-refractivity contribution in [2.45, 2.75) is 38.8 Å². The van der Waals surface area contributed by atoms with Gasteiger partial charge in [0.05, 0.1) is 12.8 Å². The van der Waals surface area contributed by atoms with Crippen LogP contribution < -0.4 is 15.0 Å². The predicted molar refractivity (Wildman–Crippen MR) is 126 cm³/mol. The van der Waals surface area contributed by atoms with Crippen molar-refractivity contribution in [3.8, 4) is 17.0 Å². The predicted octanol–water partition coefficient (Wildman–Crippen LogP) is 2.38. The maximum absolute atomic E-state index is 12.9. The third-order valence-electron chi connectivity index (χ3n) is 5.94. The lowest BCUT2D eigenvalue weighted by atomic mass is 10.1. The second-order valence-corrected chi connectivity index (χ2v) is 8.84. The minimum absolute atomic E-state index is 0.0000804. The number of ether oxygens (including phenoxy) is 1. The van der Waals surface area contributed by atoms with Gasteiger partial charge in [-0.2, -0.15) is 0 Å². The zero-order valence-electron chi connectivity index (χ0n) is 19.5. The van der Waals surface area contributed by atoms with E-state index in [1.54, 1.807) is 12.0 Å². The van der Waals surface area contributed by atoms with Gasteiger partial charge in [-0.1, -0.05) is 12.1 Å². The average molecular weight is 453 g/mol. The number of hydrogen-bond acceptors (Lipinski definition) is 6. The molecule has 9 nitrogen and oxygen atoms in total. The second kappa shape index (κ2) is 10.1. The van der Waals surface area contributed by atoms with E-state index in [-0.39, 0.29) is 30.6 Å². The Hall–Kier alpha value is -3.36. The normalized spacial score (nSPS) is 16.0. The number of benzene rings is 1. The van der Waals surface area contributed by atoms with Crippen molar-refractivity contribution in [3.63, 3.8) is 0 Å². The standard InChI is InChI=1S/C24H32N6O3/c1-17(2)25-24(32)30(19-7-8-19)16-23(31)29-13-11-28(12-14-29)22-10-9-21(26-27-22)18-5-4-6-20(15-18)33-3/h4-6,9-10,15,17,19H,7-8,11-14,16H2,1-3H3,(H,25,32). The van der Waals surface area contributed by atoms with E-state index in [1.165, 1.54) is 0 Å². The van der Waals surface area contributed by atoms with Gasteiger partial charge in [0.25, 0.3) is 0 Å². The summed E-state index contributed by atoms with van der Waals surface area (Å²) in [5.41, 5.74) is 1.73. The van der Waals surface area contributed by atoms with Gasteiger partial charge in [-0.3, -0.25) is 4.79 Å². The Balaban J connectivity index is 1.31. The molecule has 9 heteroatoms. The largest absolute Gasteiger partial charge is 0.497 e. The molecular formula is C24H32N6O3. The summed E-state index contributed by atoms with van der Waals surface area (Å²) in [6.45, 7) is 6.55. The molecule has 176 valence electrons. The molecule has 1 aliphatic carbocycles. The third-order valence-corrected chi connectivity index (χ3v) is 5.94. The molecule has 0 bridgehead atoms. The monoisotopic (exact) mass is 452 g/mol. The molecule has 0 unspecified atom stereocenters. The van der Waals surface area contributed by atoms with Crippen LogP contribution in [0.4, 0.5) is 10.6 Å². The zero-order valence-corrected chi connectivity index (χ0v) is 19.5.